The lowest BCUT2D eigenvalue weighted by Crippen LogP contribution is -2.31. The summed E-state index contributed by atoms with van der Waals surface area (Å²) in [6, 6.07) is 2.33. The summed E-state index contributed by atoms with van der Waals surface area (Å²) in [5.41, 5.74) is 1.43. The predicted molar refractivity (Wildman–Crippen MR) is 82.5 cm³/mol. The van der Waals surface area contributed by atoms with Gasteiger partial charge in [-0.15, -0.1) is 0 Å². The molecule has 0 saturated carbocycles. The second-order valence-electron chi connectivity index (χ2n) is 6.84. The third kappa shape index (κ3) is 3.64. The molecule has 5 nitrogen and oxygen atoms in total. The molecule has 0 aromatic carbocycles. The molecule has 2 rings (SSSR count). The topological polar surface area (TPSA) is 47.4 Å². The average Bonchev–Trinajstić information content (AvgIpc) is 2.97. The number of rotatable bonds is 4. The number of carbonyl (C=O) groups excluding carboxylic acids is 1. The molecule has 2 heterocycles. The molecule has 0 amide bonds. The van der Waals surface area contributed by atoms with E-state index in [0.717, 1.165) is 25.2 Å². The number of likely N-dealkylation sites (tertiary alicyclic amines) is 1. The first kappa shape index (κ1) is 16.0. The monoisotopic (exact) mass is 293 g/mol. The lowest BCUT2D eigenvalue weighted by Gasteiger charge is -2.20. The van der Waals surface area contributed by atoms with Crippen LogP contribution < -0.4 is 0 Å². The van der Waals surface area contributed by atoms with Crippen molar-refractivity contribution < 1.29 is 9.53 Å². The zero-order valence-electron chi connectivity index (χ0n) is 13.8. The standard InChI is InChI=1S/C16H27N3O2/c1-6-21-15(20)13-10-14(16(2,3)4)17-19(13)11-12-8-7-9-18(12)5/h10,12H,6-9,11H2,1-5H3. The zero-order chi connectivity index (χ0) is 15.6. The fraction of sp³-hybridized carbons (Fsp3) is 0.750. The molecule has 1 aromatic heterocycles. The lowest BCUT2D eigenvalue weighted by molar-refractivity contribution is 0.0510. The van der Waals surface area contributed by atoms with E-state index in [2.05, 4.69) is 37.8 Å². The molecule has 5 heteroatoms. The summed E-state index contributed by atoms with van der Waals surface area (Å²) in [6.45, 7) is 10.4. The average molecular weight is 293 g/mol. The van der Waals surface area contributed by atoms with Gasteiger partial charge in [0.25, 0.3) is 0 Å². The number of nitrogens with zero attached hydrogens (tertiary/aromatic N) is 3. The summed E-state index contributed by atoms with van der Waals surface area (Å²) in [4.78, 5) is 14.5. The van der Waals surface area contributed by atoms with Crippen molar-refractivity contribution in [2.75, 3.05) is 20.2 Å². The number of aromatic nitrogens is 2. The Hall–Kier alpha value is -1.36. The van der Waals surface area contributed by atoms with Crippen molar-refractivity contribution in [2.45, 2.75) is 58.5 Å². The second kappa shape index (κ2) is 6.18. The van der Waals surface area contributed by atoms with Crippen molar-refractivity contribution in [1.29, 1.82) is 0 Å². The van der Waals surface area contributed by atoms with Crippen LogP contribution in [0.4, 0.5) is 0 Å². The molecule has 0 N–H and O–H groups in total. The summed E-state index contributed by atoms with van der Waals surface area (Å²) < 4.78 is 7.01. The summed E-state index contributed by atoms with van der Waals surface area (Å²) in [5, 5.41) is 4.67. The van der Waals surface area contributed by atoms with Crippen molar-refractivity contribution in [3.05, 3.63) is 17.5 Å². The Labute approximate surface area is 127 Å². The first-order valence-electron chi connectivity index (χ1n) is 7.78. The summed E-state index contributed by atoms with van der Waals surface area (Å²) in [6.07, 6.45) is 2.37. The van der Waals surface area contributed by atoms with E-state index in [-0.39, 0.29) is 11.4 Å². The Morgan fingerprint density at radius 3 is 2.71 bits per heavy atom. The number of esters is 1. The van der Waals surface area contributed by atoms with E-state index in [1.54, 1.807) is 0 Å². The molecule has 0 spiro atoms. The molecule has 1 aromatic rings. The summed E-state index contributed by atoms with van der Waals surface area (Å²) in [7, 11) is 2.13. The van der Waals surface area contributed by atoms with Gasteiger partial charge in [0.15, 0.2) is 0 Å². The quantitative estimate of drug-likeness (QED) is 0.800. The number of hydrogen-bond donors (Lipinski definition) is 0. The van der Waals surface area contributed by atoms with Crippen LogP contribution in [0.15, 0.2) is 6.07 Å². The predicted octanol–water partition coefficient (Wildman–Crippen LogP) is 2.45. The normalized spacial score (nSPS) is 20.0. The van der Waals surface area contributed by atoms with Crippen LogP contribution in [0.5, 0.6) is 0 Å². The van der Waals surface area contributed by atoms with Gasteiger partial charge in [-0.05, 0) is 39.4 Å². The number of likely N-dealkylation sites (N-methyl/N-ethyl adjacent to an activating group) is 1. The maximum atomic E-state index is 12.2. The maximum Gasteiger partial charge on any atom is 0.356 e. The SMILES string of the molecule is CCOC(=O)c1cc(C(C)(C)C)nn1CC1CCCN1C. The summed E-state index contributed by atoms with van der Waals surface area (Å²) >= 11 is 0. The van der Waals surface area contributed by atoms with Crippen molar-refractivity contribution in [3.8, 4) is 0 Å². The highest BCUT2D eigenvalue weighted by Crippen LogP contribution is 2.24. The summed E-state index contributed by atoms with van der Waals surface area (Å²) in [5.74, 6) is -0.277. The van der Waals surface area contributed by atoms with E-state index in [9.17, 15) is 4.79 Å². The van der Waals surface area contributed by atoms with E-state index in [1.807, 2.05) is 17.7 Å². The molecule has 1 fully saturated rings. The minimum absolute atomic E-state index is 0.0753. The van der Waals surface area contributed by atoms with Crippen LogP contribution in [0.2, 0.25) is 0 Å². The third-order valence-electron chi connectivity index (χ3n) is 4.09. The van der Waals surface area contributed by atoms with Gasteiger partial charge in [-0.2, -0.15) is 5.10 Å². The van der Waals surface area contributed by atoms with Gasteiger partial charge < -0.3 is 9.64 Å². The lowest BCUT2D eigenvalue weighted by atomic mass is 9.92. The van der Waals surface area contributed by atoms with E-state index in [4.69, 9.17) is 4.74 Å². The zero-order valence-corrected chi connectivity index (χ0v) is 13.8. The number of carbonyl (C=O) groups is 1. The molecule has 0 aliphatic carbocycles. The van der Waals surface area contributed by atoms with Gasteiger partial charge in [-0.3, -0.25) is 4.68 Å². The second-order valence-corrected chi connectivity index (χ2v) is 6.84. The largest absolute Gasteiger partial charge is 0.461 e. The Morgan fingerprint density at radius 2 is 2.19 bits per heavy atom. The van der Waals surface area contributed by atoms with E-state index < -0.39 is 0 Å². The molecule has 1 atom stereocenters. The number of ether oxygens (including phenoxy) is 1. The van der Waals surface area contributed by atoms with Crippen LogP contribution in [0.25, 0.3) is 0 Å². The van der Waals surface area contributed by atoms with Crippen LogP contribution in [0.1, 0.15) is 56.7 Å². The molecule has 0 bridgehead atoms. The Bertz CT molecular complexity index is 502. The molecule has 1 unspecified atom stereocenters. The molecule has 1 saturated heterocycles. The fourth-order valence-electron chi connectivity index (χ4n) is 2.70. The van der Waals surface area contributed by atoms with E-state index in [1.165, 1.54) is 6.42 Å². The number of hydrogen-bond acceptors (Lipinski definition) is 4. The Kier molecular flexibility index (Phi) is 4.71. The molecule has 1 aliphatic rings. The van der Waals surface area contributed by atoms with E-state index >= 15 is 0 Å². The van der Waals surface area contributed by atoms with Gasteiger partial charge in [0.2, 0.25) is 0 Å². The van der Waals surface area contributed by atoms with Crippen molar-refractivity contribution in [2.24, 2.45) is 0 Å². The van der Waals surface area contributed by atoms with Gasteiger partial charge in [-0.1, -0.05) is 20.8 Å². The van der Waals surface area contributed by atoms with Crippen LogP contribution in [-0.2, 0) is 16.7 Å². The minimum atomic E-state index is -0.277. The van der Waals surface area contributed by atoms with Crippen LogP contribution >= 0.6 is 0 Å². The van der Waals surface area contributed by atoms with E-state index in [0.29, 0.717) is 18.3 Å². The van der Waals surface area contributed by atoms with Gasteiger partial charge in [0, 0.05) is 11.5 Å². The fourth-order valence-corrected chi connectivity index (χ4v) is 2.70. The van der Waals surface area contributed by atoms with Gasteiger partial charge >= 0.3 is 5.97 Å². The van der Waals surface area contributed by atoms with Gasteiger partial charge in [-0.25, -0.2) is 4.79 Å². The first-order valence-corrected chi connectivity index (χ1v) is 7.78. The van der Waals surface area contributed by atoms with Crippen LogP contribution in [0.3, 0.4) is 0 Å². The Balaban J connectivity index is 2.28. The molecular formula is C16H27N3O2. The highest BCUT2D eigenvalue weighted by atomic mass is 16.5. The Morgan fingerprint density at radius 1 is 1.48 bits per heavy atom. The third-order valence-corrected chi connectivity index (χ3v) is 4.09. The maximum absolute atomic E-state index is 12.2. The molecular weight excluding hydrogens is 266 g/mol. The van der Waals surface area contributed by atoms with Crippen molar-refractivity contribution in [3.63, 3.8) is 0 Å². The van der Waals surface area contributed by atoms with Crippen molar-refractivity contribution >= 4 is 5.97 Å². The molecule has 21 heavy (non-hydrogen) atoms. The highest BCUT2D eigenvalue weighted by Gasteiger charge is 2.27. The van der Waals surface area contributed by atoms with Crippen LogP contribution in [0, 0.1) is 0 Å². The van der Waals surface area contributed by atoms with Gasteiger partial charge in [0.05, 0.1) is 18.8 Å². The van der Waals surface area contributed by atoms with Crippen LogP contribution in [-0.4, -0.2) is 46.9 Å². The van der Waals surface area contributed by atoms with Gasteiger partial charge in [0.1, 0.15) is 5.69 Å². The molecule has 1 aliphatic heterocycles. The van der Waals surface area contributed by atoms with Crippen molar-refractivity contribution in [1.82, 2.24) is 14.7 Å². The molecule has 118 valence electrons. The smallest absolute Gasteiger partial charge is 0.356 e. The minimum Gasteiger partial charge on any atom is -0.461 e. The first-order chi connectivity index (χ1) is 9.82. The molecule has 0 radical (unpaired) electrons. The highest BCUT2D eigenvalue weighted by molar-refractivity contribution is 5.87.